The van der Waals surface area contributed by atoms with Gasteiger partial charge in [0.05, 0.1) is 12.1 Å². The Morgan fingerprint density at radius 2 is 1.56 bits per heavy atom. The zero-order chi connectivity index (χ0) is 29.9. The number of carbonyl (C=O) groups is 5. The monoisotopic (exact) mass is 553 g/mol. The van der Waals surface area contributed by atoms with Gasteiger partial charge in [0.25, 0.3) is 5.92 Å². The van der Waals surface area contributed by atoms with Crippen LogP contribution in [0.5, 0.6) is 0 Å². The third-order valence-electron chi connectivity index (χ3n) is 6.52. The smallest absolute Gasteiger partial charge is 0.272 e. The van der Waals surface area contributed by atoms with Crippen LogP contribution in [0.25, 0.3) is 0 Å². The fourth-order valence-corrected chi connectivity index (χ4v) is 4.14. The van der Waals surface area contributed by atoms with Crippen molar-refractivity contribution in [1.29, 1.82) is 0 Å². The van der Waals surface area contributed by atoms with E-state index in [1.54, 1.807) is 44.2 Å². The topological polar surface area (TPSA) is 156 Å². The van der Waals surface area contributed by atoms with E-state index in [0.29, 0.717) is 6.92 Å². The number of amides is 3. The van der Waals surface area contributed by atoms with Crippen LogP contribution in [-0.4, -0.2) is 58.5 Å². The molecule has 0 spiro atoms. The summed E-state index contributed by atoms with van der Waals surface area (Å²) in [5, 5.41) is 15.1. The highest BCUT2D eigenvalue weighted by Crippen LogP contribution is 2.23. The number of benzene rings is 1. The van der Waals surface area contributed by atoms with Crippen LogP contribution in [0.4, 0.5) is 8.78 Å². The average molecular weight is 554 g/mol. The molecule has 0 aliphatic carbocycles. The third-order valence-corrected chi connectivity index (χ3v) is 6.52. The molecule has 1 unspecified atom stereocenters. The van der Waals surface area contributed by atoms with E-state index < -0.39 is 59.5 Å². The van der Waals surface area contributed by atoms with E-state index in [0.717, 1.165) is 5.56 Å². The largest absolute Gasteiger partial charge is 0.385 e. The maximum absolute atomic E-state index is 13.8. The molecule has 3 amide bonds. The summed E-state index contributed by atoms with van der Waals surface area (Å²) >= 11 is 0. The minimum absolute atomic E-state index is 0.0195. The summed E-state index contributed by atoms with van der Waals surface area (Å²) in [4.78, 5) is 62.0. The summed E-state index contributed by atoms with van der Waals surface area (Å²) in [6.45, 7) is 6.90. The first kappa shape index (κ1) is 33.8. The highest BCUT2D eigenvalue weighted by molar-refractivity contribution is 5.94. The highest BCUT2D eigenvalue weighted by atomic mass is 19.3. The first-order valence-corrected chi connectivity index (χ1v) is 13.0. The van der Waals surface area contributed by atoms with Gasteiger partial charge in [-0.15, -0.1) is 0 Å². The summed E-state index contributed by atoms with van der Waals surface area (Å²) in [7, 11) is 0. The number of aliphatic hydroxyl groups excluding tert-OH is 1. The number of carbonyl (C=O) groups excluding carboxylic acids is 5. The Morgan fingerprint density at radius 1 is 0.974 bits per heavy atom. The van der Waals surface area contributed by atoms with Gasteiger partial charge in [0, 0.05) is 38.0 Å². The van der Waals surface area contributed by atoms with Crippen molar-refractivity contribution in [3.05, 3.63) is 35.9 Å². The lowest BCUT2D eigenvalue weighted by molar-refractivity contribution is -0.137. The van der Waals surface area contributed by atoms with E-state index in [-0.39, 0.29) is 43.8 Å². The Kier molecular flexibility index (Phi) is 13.4. The van der Waals surface area contributed by atoms with Gasteiger partial charge < -0.3 is 26.3 Å². The molecule has 0 radical (unpaired) electrons. The van der Waals surface area contributed by atoms with Crippen LogP contribution in [0.1, 0.15) is 65.9 Å². The lowest BCUT2D eigenvalue weighted by atomic mass is 9.88. The number of rotatable bonds is 17. The van der Waals surface area contributed by atoms with E-state index in [4.69, 9.17) is 5.73 Å². The van der Waals surface area contributed by atoms with E-state index >= 15 is 0 Å². The lowest BCUT2D eigenvalue weighted by Gasteiger charge is -2.29. The Balaban J connectivity index is 3.06. The van der Waals surface area contributed by atoms with E-state index in [2.05, 4.69) is 10.6 Å². The molecule has 0 aromatic heterocycles. The van der Waals surface area contributed by atoms with E-state index in [1.165, 1.54) is 13.8 Å². The number of alkyl halides is 2. The maximum Gasteiger partial charge on any atom is 0.272 e. The van der Waals surface area contributed by atoms with Crippen molar-refractivity contribution in [3.63, 3.8) is 0 Å². The first-order valence-electron chi connectivity index (χ1n) is 13.0. The number of halogens is 2. The minimum atomic E-state index is -3.56. The number of primary amides is 1. The molecule has 5 atom stereocenters. The Morgan fingerprint density at radius 3 is 2.05 bits per heavy atom. The fraction of sp³-hybridized carbons (Fsp3) is 0.607. The summed E-state index contributed by atoms with van der Waals surface area (Å²) in [6.07, 6.45) is -3.09. The maximum atomic E-state index is 13.8. The molecule has 0 fully saturated rings. The molecular formula is C28H41F2N3O6. The van der Waals surface area contributed by atoms with Crippen molar-refractivity contribution in [2.75, 3.05) is 0 Å². The Hall–Kier alpha value is -3.21. The molecular weight excluding hydrogens is 512 g/mol. The molecule has 9 nitrogen and oxygen atoms in total. The van der Waals surface area contributed by atoms with Crippen molar-refractivity contribution in [2.24, 2.45) is 23.5 Å². The van der Waals surface area contributed by atoms with E-state index in [9.17, 15) is 37.9 Å². The normalized spacial score (nSPS) is 15.5. The molecule has 0 aliphatic heterocycles. The standard InChI is InChI=1S/C28H41F2N3O6/c1-16(2)20(14-18(4)34)27(39)33-22(15-19-9-7-6-8-10-19)23(35)13-17(3)26(38)32-21(11-12-24(31)36)25(37)28(5,29)30/h6-10,16-17,20-22,25,37H,11-15H2,1-5H3,(H2,31,36)(H,32,38)(H,33,39)/t17-,20+,21+,22+,25?/m1/s1. The van der Waals surface area contributed by atoms with Crippen molar-refractivity contribution >= 4 is 29.3 Å². The molecule has 11 heteroatoms. The van der Waals surface area contributed by atoms with Gasteiger partial charge in [-0.3, -0.25) is 19.2 Å². The lowest BCUT2D eigenvalue weighted by Crippen LogP contribution is -2.52. The van der Waals surface area contributed by atoms with Gasteiger partial charge in [-0.05, 0) is 31.2 Å². The molecule has 0 heterocycles. The molecule has 0 saturated carbocycles. The number of hydrogen-bond acceptors (Lipinski definition) is 6. The molecule has 1 rings (SSSR count). The average Bonchev–Trinajstić information content (AvgIpc) is 2.83. The van der Waals surface area contributed by atoms with E-state index in [1.807, 2.05) is 0 Å². The van der Waals surface area contributed by atoms with Crippen LogP contribution in [0.2, 0.25) is 0 Å². The molecule has 1 aromatic carbocycles. The first-order chi connectivity index (χ1) is 18.0. The van der Waals surface area contributed by atoms with Gasteiger partial charge in [0.2, 0.25) is 17.7 Å². The summed E-state index contributed by atoms with van der Waals surface area (Å²) in [6, 6.07) is 6.46. The number of nitrogens with two attached hydrogens (primary N) is 1. The van der Waals surface area contributed by atoms with Crippen molar-refractivity contribution in [1.82, 2.24) is 10.6 Å². The number of ketones is 2. The summed E-state index contributed by atoms with van der Waals surface area (Å²) in [5.74, 6) is -8.00. The zero-order valence-corrected chi connectivity index (χ0v) is 23.2. The van der Waals surface area contributed by atoms with Crippen LogP contribution in [0.3, 0.4) is 0 Å². The Bertz CT molecular complexity index is 997. The predicted octanol–water partition coefficient (Wildman–Crippen LogP) is 2.33. The number of nitrogens with one attached hydrogen (secondary N) is 2. The van der Waals surface area contributed by atoms with Gasteiger partial charge in [-0.2, -0.15) is 0 Å². The van der Waals surface area contributed by atoms with Crippen molar-refractivity contribution < 1.29 is 37.9 Å². The summed E-state index contributed by atoms with van der Waals surface area (Å²) < 4.78 is 27.5. The predicted molar refractivity (Wildman–Crippen MR) is 141 cm³/mol. The fourth-order valence-electron chi connectivity index (χ4n) is 4.14. The third kappa shape index (κ3) is 12.0. The molecule has 1 aromatic rings. The van der Waals surface area contributed by atoms with Crippen LogP contribution in [0.15, 0.2) is 30.3 Å². The van der Waals surface area contributed by atoms with Gasteiger partial charge >= 0.3 is 0 Å². The number of hydrogen-bond donors (Lipinski definition) is 4. The highest BCUT2D eigenvalue weighted by Gasteiger charge is 2.40. The second kappa shape index (κ2) is 15.4. The van der Waals surface area contributed by atoms with Crippen LogP contribution < -0.4 is 16.4 Å². The quantitative estimate of drug-likeness (QED) is 0.232. The van der Waals surface area contributed by atoms with Crippen LogP contribution in [-0.2, 0) is 30.4 Å². The zero-order valence-electron chi connectivity index (χ0n) is 23.2. The van der Waals surface area contributed by atoms with Gasteiger partial charge in [0.1, 0.15) is 11.9 Å². The van der Waals surface area contributed by atoms with Crippen molar-refractivity contribution in [3.8, 4) is 0 Å². The van der Waals surface area contributed by atoms with Gasteiger partial charge in [0.15, 0.2) is 5.78 Å². The molecule has 5 N–H and O–H groups in total. The van der Waals surface area contributed by atoms with Crippen LogP contribution >= 0.6 is 0 Å². The molecule has 39 heavy (non-hydrogen) atoms. The Labute approximate surface area is 228 Å². The van der Waals surface area contributed by atoms with Gasteiger partial charge in [-0.1, -0.05) is 51.1 Å². The number of Topliss-reactive ketones (excluding diaryl/α,β-unsaturated/α-hetero) is 2. The SMILES string of the molecule is CC(=O)C[C@H](C(=O)N[C@@H](Cc1ccccc1)C(=O)C[C@@H](C)C(=O)N[C@@H](CCC(N)=O)C(O)C(C)(F)F)C(C)C. The van der Waals surface area contributed by atoms with Gasteiger partial charge in [-0.25, -0.2) is 8.78 Å². The molecule has 0 bridgehead atoms. The molecule has 0 saturated heterocycles. The second-order valence-electron chi connectivity index (χ2n) is 10.6. The molecule has 0 aliphatic rings. The van der Waals surface area contributed by atoms with Crippen LogP contribution in [0, 0.1) is 17.8 Å². The minimum Gasteiger partial charge on any atom is -0.385 e. The molecule has 218 valence electrons. The second-order valence-corrected chi connectivity index (χ2v) is 10.6. The number of aliphatic hydroxyl groups is 1. The van der Waals surface area contributed by atoms with Crippen molar-refractivity contribution in [2.45, 2.75) is 90.8 Å². The summed E-state index contributed by atoms with van der Waals surface area (Å²) in [5.41, 5.74) is 5.86.